The van der Waals surface area contributed by atoms with E-state index in [4.69, 9.17) is 0 Å². The predicted octanol–water partition coefficient (Wildman–Crippen LogP) is 3.35. The maximum absolute atomic E-state index is 11.5. The fourth-order valence-corrected chi connectivity index (χ4v) is 3.80. The van der Waals surface area contributed by atoms with Crippen LogP contribution >= 0.6 is 11.3 Å². The molecule has 0 aliphatic heterocycles. The Morgan fingerprint density at radius 2 is 2.23 bits per heavy atom. The fourth-order valence-electron chi connectivity index (χ4n) is 2.96. The van der Waals surface area contributed by atoms with E-state index in [1.165, 1.54) is 0 Å². The summed E-state index contributed by atoms with van der Waals surface area (Å²) in [6, 6.07) is 7.84. The highest BCUT2D eigenvalue weighted by molar-refractivity contribution is 7.09. The smallest absolute Gasteiger partial charge is 0.308 e. The Labute approximate surface area is 134 Å². The van der Waals surface area contributed by atoms with Crippen molar-refractivity contribution in [3.63, 3.8) is 0 Å². The zero-order valence-corrected chi connectivity index (χ0v) is 13.6. The molecule has 1 aromatic carbocycles. The largest absolute Gasteiger partial charge is 0.481 e. The molecule has 0 bridgehead atoms. The standard InChI is InChI=1S/C17H20N2O2S/c1-10(2)16-19-12(9-22-16)8-18-15-13-6-4-3-5-11(13)7-14(15)17(20)21/h3-6,9-10,14-15,18H,7-8H2,1-2H3,(H,20,21)/t14-,15+/m1/s1. The fraction of sp³-hybridized carbons (Fsp3) is 0.412. The van der Waals surface area contributed by atoms with Gasteiger partial charge in [-0.3, -0.25) is 4.79 Å². The number of hydrogen-bond acceptors (Lipinski definition) is 4. The van der Waals surface area contributed by atoms with Crippen LogP contribution in [-0.4, -0.2) is 16.1 Å². The van der Waals surface area contributed by atoms with Crippen molar-refractivity contribution in [3.05, 3.63) is 51.5 Å². The lowest BCUT2D eigenvalue weighted by atomic mass is 10.0. The van der Waals surface area contributed by atoms with E-state index < -0.39 is 11.9 Å². The molecule has 0 radical (unpaired) electrons. The molecule has 0 spiro atoms. The van der Waals surface area contributed by atoms with Crippen molar-refractivity contribution in [1.82, 2.24) is 10.3 Å². The molecular weight excluding hydrogens is 296 g/mol. The van der Waals surface area contributed by atoms with Gasteiger partial charge in [0.25, 0.3) is 0 Å². The maximum Gasteiger partial charge on any atom is 0.308 e. The Morgan fingerprint density at radius 3 is 2.91 bits per heavy atom. The Morgan fingerprint density at radius 1 is 1.45 bits per heavy atom. The van der Waals surface area contributed by atoms with E-state index in [9.17, 15) is 9.90 Å². The lowest BCUT2D eigenvalue weighted by Crippen LogP contribution is -2.30. The normalized spacial score (nSPS) is 20.3. The molecular formula is C17H20N2O2S. The van der Waals surface area contributed by atoms with Crippen molar-refractivity contribution < 1.29 is 9.90 Å². The van der Waals surface area contributed by atoms with E-state index in [1.807, 2.05) is 24.3 Å². The molecule has 0 fully saturated rings. The molecule has 2 atom stereocenters. The molecule has 1 aromatic heterocycles. The number of nitrogens with zero attached hydrogens (tertiary/aromatic N) is 1. The SMILES string of the molecule is CC(C)c1nc(CN[C@H]2c3ccccc3C[C@H]2C(=O)O)cs1. The van der Waals surface area contributed by atoms with Gasteiger partial charge in [0.15, 0.2) is 0 Å². The maximum atomic E-state index is 11.5. The minimum Gasteiger partial charge on any atom is -0.481 e. The van der Waals surface area contributed by atoms with Crippen LogP contribution in [0.25, 0.3) is 0 Å². The second-order valence-corrected chi connectivity index (χ2v) is 6.93. The number of carboxylic acids is 1. The number of thiazole rings is 1. The average Bonchev–Trinajstić information content (AvgIpc) is 3.09. The molecule has 3 rings (SSSR count). The van der Waals surface area contributed by atoms with Crippen LogP contribution in [-0.2, 0) is 17.8 Å². The number of carbonyl (C=O) groups is 1. The van der Waals surface area contributed by atoms with Gasteiger partial charge in [0.05, 0.1) is 16.6 Å². The molecule has 2 aromatic rings. The first-order chi connectivity index (χ1) is 10.6. The van der Waals surface area contributed by atoms with E-state index in [1.54, 1.807) is 11.3 Å². The summed E-state index contributed by atoms with van der Waals surface area (Å²) >= 11 is 1.67. The summed E-state index contributed by atoms with van der Waals surface area (Å²) in [6.07, 6.45) is 0.595. The van der Waals surface area contributed by atoms with E-state index in [-0.39, 0.29) is 6.04 Å². The molecule has 1 aliphatic carbocycles. The molecule has 0 unspecified atom stereocenters. The van der Waals surface area contributed by atoms with Crippen molar-refractivity contribution in [2.24, 2.45) is 5.92 Å². The summed E-state index contributed by atoms with van der Waals surface area (Å²) in [7, 11) is 0. The van der Waals surface area contributed by atoms with Gasteiger partial charge in [0, 0.05) is 23.9 Å². The summed E-state index contributed by atoms with van der Waals surface area (Å²) in [6.45, 7) is 4.86. The Balaban J connectivity index is 1.75. The Kier molecular flexibility index (Phi) is 4.27. The van der Waals surface area contributed by atoms with Crippen LogP contribution in [0.1, 0.15) is 47.6 Å². The van der Waals surface area contributed by atoms with Crippen LogP contribution in [0.15, 0.2) is 29.6 Å². The van der Waals surface area contributed by atoms with Gasteiger partial charge in [-0.15, -0.1) is 11.3 Å². The van der Waals surface area contributed by atoms with Crippen LogP contribution in [0, 0.1) is 5.92 Å². The molecule has 1 aliphatic rings. The number of aromatic nitrogens is 1. The highest BCUT2D eigenvalue weighted by Crippen LogP contribution is 2.36. The average molecular weight is 316 g/mol. The monoisotopic (exact) mass is 316 g/mol. The van der Waals surface area contributed by atoms with Crippen molar-refractivity contribution in [2.45, 2.75) is 38.8 Å². The number of aliphatic carboxylic acids is 1. The van der Waals surface area contributed by atoms with Gasteiger partial charge in [-0.25, -0.2) is 4.98 Å². The summed E-state index contributed by atoms with van der Waals surface area (Å²) in [4.78, 5) is 16.1. The minimum atomic E-state index is -0.741. The molecule has 4 nitrogen and oxygen atoms in total. The molecule has 5 heteroatoms. The second kappa shape index (κ2) is 6.18. The summed E-state index contributed by atoms with van der Waals surface area (Å²) in [5.41, 5.74) is 3.23. The van der Waals surface area contributed by atoms with Gasteiger partial charge < -0.3 is 10.4 Å². The lowest BCUT2D eigenvalue weighted by Gasteiger charge is -2.18. The van der Waals surface area contributed by atoms with Crippen LogP contribution in [0.5, 0.6) is 0 Å². The second-order valence-electron chi connectivity index (χ2n) is 6.04. The quantitative estimate of drug-likeness (QED) is 0.888. The number of rotatable bonds is 5. The van der Waals surface area contributed by atoms with Crippen molar-refractivity contribution >= 4 is 17.3 Å². The molecule has 22 heavy (non-hydrogen) atoms. The predicted molar refractivity (Wildman–Crippen MR) is 87.1 cm³/mol. The van der Waals surface area contributed by atoms with Gasteiger partial charge in [-0.05, 0) is 17.5 Å². The third-order valence-corrected chi connectivity index (χ3v) is 5.31. The van der Waals surface area contributed by atoms with Crippen LogP contribution in [0.3, 0.4) is 0 Å². The minimum absolute atomic E-state index is 0.141. The van der Waals surface area contributed by atoms with Crippen molar-refractivity contribution in [1.29, 1.82) is 0 Å². The highest BCUT2D eigenvalue weighted by atomic mass is 32.1. The van der Waals surface area contributed by atoms with Gasteiger partial charge in [0.2, 0.25) is 0 Å². The molecule has 0 amide bonds. The van der Waals surface area contributed by atoms with Crippen molar-refractivity contribution in [2.75, 3.05) is 0 Å². The Bertz CT molecular complexity index is 681. The number of nitrogens with one attached hydrogen (secondary N) is 1. The first kappa shape index (κ1) is 15.2. The number of carboxylic acid groups (broad SMARTS) is 1. The number of hydrogen-bond donors (Lipinski definition) is 2. The van der Waals surface area contributed by atoms with E-state index in [0.29, 0.717) is 18.9 Å². The molecule has 0 saturated carbocycles. The topological polar surface area (TPSA) is 62.2 Å². The van der Waals surface area contributed by atoms with Gasteiger partial charge in [0.1, 0.15) is 0 Å². The first-order valence-corrected chi connectivity index (χ1v) is 8.42. The van der Waals surface area contributed by atoms with Crippen LogP contribution in [0.2, 0.25) is 0 Å². The van der Waals surface area contributed by atoms with E-state index >= 15 is 0 Å². The highest BCUT2D eigenvalue weighted by Gasteiger charge is 2.36. The van der Waals surface area contributed by atoms with Gasteiger partial charge in [-0.2, -0.15) is 0 Å². The first-order valence-electron chi connectivity index (χ1n) is 7.54. The van der Waals surface area contributed by atoms with Crippen LogP contribution in [0.4, 0.5) is 0 Å². The third-order valence-electron chi connectivity index (χ3n) is 4.12. The van der Waals surface area contributed by atoms with E-state index in [0.717, 1.165) is 21.8 Å². The van der Waals surface area contributed by atoms with Crippen molar-refractivity contribution in [3.8, 4) is 0 Å². The number of fused-ring (bicyclic) bond motifs is 1. The lowest BCUT2D eigenvalue weighted by molar-refractivity contribution is -0.142. The van der Waals surface area contributed by atoms with Gasteiger partial charge >= 0.3 is 5.97 Å². The van der Waals surface area contributed by atoms with Gasteiger partial charge in [-0.1, -0.05) is 38.1 Å². The van der Waals surface area contributed by atoms with Crippen LogP contribution < -0.4 is 5.32 Å². The Hall–Kier alpha value is -1.72. The number of benzene rings is 1. The zero-order chi connectivity index (χ0) is 15.7. The van der Waals surface area contributed by atoms with E-state index in [2.05, 4.69) is 29.5 Å². The zero-order valence-electron chi connectivity index (χ0n) is 12.7. The molecule has 0 saturated heterocycles. The molecule has 1 heterocycles. The summed E-state index contributed by atoms with van der Waals surface area (Å²) in [5.74, 6) is -0.715. The summed E-state index contributed by atoms with van der Waals surface area (Å²) < 4.78 is 0. The summed E-state index contributed by atoms with van der Waals surface area (Å²) in [5, 5.41) is 16.1. The molecule has 116 valence electrons. The molecule has 2 N–H and O–H groups in total. The third kappa shape index (κ3) is 2.91.